The number of rotatable bonds is 1. The van der Waals surface area contributed by atoms with Gasteiger partial charge in [0.05, 0.1) is 0 Å². The topological polar surface area (TPSA) is 0 Å². The highest BCUT2D eigenvalue weighted by molar-refractivity contribution is 7.80. The Morgan fingerprint density at radius 3 is 2.22 bits per heavy atom. The highest BCUT2D eigenvalue weighted by Gasteiger charge is 1.83. The average Bonchev–Trinajstić information content (AvgIpc) is 1.90. The summed E-state index contributed by atoms with van der Waals surface area (Å²) in [5.41, 5.74) is 1.02. The third-order valence-electron chi connectivity index (χ3n) is 1.09. The van der Waals surface area contributed by atoms with Gasteiger partial charge in [-0.3, -0.25) is 0 Å². The summed E-state index contributed by atoms with van der Waals surface area (Å²) in [5, 5.41) is 0. The van der Waals surface area contributed by atoms with E-state index in [0.29, 0.717) is 0 Å². The van der Waals surface area contributed by atoms with Crippen LogP contribution in [0.2, 0.25) is 0 Å². The third kappa shape index (κ3) is 1.61. The molecule has 0 aliphatic carbocycles. The van der Waals surface area contributed by atoms with Crippen LogP contribution in [0.4, 0.5) is 0 Å². The molecule has 0 atom stereocenters. The van der Waals surface area contributed by atoms with Crippen molar-refractivity contribution in [3.8, 4) is 0 Å². The second kappa shape index (κ2) is 2.74. The van der Waals surface area contributed by atoms with Crippen LogP contribution in [-0.4, -0.2) is 0 Å². The van der Waals surface area contributed by atoms with E-state index in [1.165, 1.54) is 0 Å². The fraction of sp³-hybridized carbons (Fsp3) is 0. The van der Waals surface area contributed by atoms with Gasteiger partial charge in [0.1, 0.15) is 0 Å². The Labute approximate surface area is 60.6 Å². The fourth-order valence-electron chi connectivity index (χ4n) is 0.585. The van der Waals surface area contributed by atoms with Crippen LogP contribution >= 0.6 is 12.6 Å². The SMILES string of the molecule is [CH]=Cc1ccc(S)cc1. The molecule has 1 aromatic rings. The largest absolute Gasteiger partial charge is 0.143 e. The summed E-state index contributed by atoms with van der Waals surface area (Å²) in [6.07, 6.45) is 1.56. The summed E-state index contributed by atoms with van der Waals surface area (Å²) in [4.78, 5) is 0.959. The van der Waals surface area contributed by atoms with E-state index in [4.69, 9.17) is 6.58 Å². The van der Waals surface area contributed by atoms with E-state index in [-0.39, 0.29) is 0 Å². The van der Waals surface area contributed by atoms with Crippen LogP contribution in [0.25, 0.3) is 6.08 Å². The first-order valence-corrected chi connectivity index (χ1v) is 3.11. The second-order valence-corrected chi connectivity index (χ2v) is 2.27. The van der Waals surface area contributed by atoms with Crippen molar-refractivity contribution < 1.29 is 0 Å². The molecular weight excluding hydrogens is 128 g/mol. The molecule has 0 nitrogen and oxygen atoms in total. The molecule has 0 fully saturated rings. The summed E-state index contributed by atoms with van der Waals surface area (Å²) in [6, 6.07) is 7.65. The maximum atomic E-state index is 5.25. The van der Waals surface area contributed by atoms with Crippen molar-refractivity contribution in [1.82, 2.24) is 0 Å². The van der Waals surface area contributed by atoms with E-state index in [1.807, 2.05) is 24.3 Å². The number of hydrogen-bond donors (Lipinski definition) is 1. The molecule has 0 saturated carbocycles. The van der Waals surface area contributed by atoms with Crippen molar-refractivity contribution in [2.75, 3.05) is 0 Å². The van der Waals surface area contributed by atoms with Gasteiger partial charge in [0, 0.05) is 4.90 Å². The summed E-state index contributed by atoms with van der Waals surface area (Å²) in [5.74, 6) is 0. The molecule has 45 valence electrons. The summed E-state index contributed by atoms with van der Waals surface area (Å²) in [7, 11) is 0. The molecule has 0 heterocycles. The van der Waals surface area contributed by atoms with Crippen LogP contribution < -0.4 is 0 Å². The summed E-state index contributed by atoms with van der Waals surface area (Å²) in [6.45, 7) is 5.25. The normalized spacial score (nSPS) is 9.00. The van der Waals surface area contributed by atoms with Gasteiger partial charge in [0.25, 0.3) is 0 Å². The zero-order chi connectivity index (χ0) is 6.69. The number of thiol groups is 1. The lowest BCUT2D eigenvalue weighted by Gasteiger charge is -1.90. The Hall–Kier alpha value is -0.690. The van der Waals surface area contributed by atoms with E-state index >= 15 is 0 Å². The highest BCUT2D eigenvalue weighted by atomic mass is 32.1. The van der Waals surface area contributed by atoms with Crippen LogP contribution in [0, 0.1) is 6.58 Å². The molecular formula is C8H7S. The lowest BCUT2D eigenvalue weighted by Crippen LogP contribution is -1.68. The van der Waals surface area contributed by atoms with E-state index in [2.05, 4.69) is 12.6 Å². The number of hydrogen-bond acceptors (Lipinski definition) is 1. The fourth-order valence-corrected chi connectivity index (χ4v) is 0.735. The van der Waals surface area contributed by atoms with Gasteiger partial charge in [-0.1, -0.05) is 24.8 Å². The van der Waals surface area contributed by atoms with Gasteiger partial charge in [-0.05, 0) is 17.7 Å². The molecule has 0 bridgehead atoms. The average molecular weight is 135 g/mol. The van der Waals surface area contributed by atoms with Gasteiger partial charge in [-0.2, -0.15) is 0 Å². The van der Waals surface area contributed by atoms with Crippen molar-refractivity contribution in [3.63, 3.8) is 0 Å². The first-order chi connectivity index (χ1) is 4.33. The maximum absolute atomic E-state index is 5.25. The minimum absolute atomic E-state index is 0.959. The number of benzene rings is 1. The molecule has 9 heavy (non-hydrogen) atoms. The lowest BCUT2D eigenvalue weighted by atomic mass is 10.2. The molecule has 0 N–H and O–H groups in total. The molecule has 1 heteroatoms. The molecule has 0 spiro atoms. The highest BCUT2D eigenvalue weighted by Crippen LogP contribution is 2.07. The Morgan fingerprint density at radius 2 is 1.78 bits per heavy atom. The Kier molecular flexibility index (Phi) is 1.96. The molecule has 1 radical (unpaired) electrons. The Balaban J connectivity index is 3.01. The molecule has 0 saturated heterocycles. The van der Waals surface area contributed by atoms with Crippen LogP contribution in [0.3, 0.4) is 0 Å². The van der Waals surface area contributed by atoms with E-state index in [1.54, 1.807) is 6.08 Å². The molecule has 0 amide bonds. The second-order valence-electron chi connectivity index (χ2n) is 1.76. The maximum Gasteiger partial charge on any atom is 0.00403 e. The van der Waals surface area contributed by atoms with Crippen molar-refractivity contribution >= 4 is 18.7 Å². The summed E-state index contributed by atoms with van der Waals surface area (Å²) >= 11 is 4.12. The summed E-state index contributed by atoms with van der Waals surface area (Å²) < 4.78 is 0. The van der Waals surface area contributed by atoms with Gasteiger partial charge >= 0.3 is 0 Å². The smallest absolute Gasteiger partial charge is 0.00403 e. The van der Waals surface area contributed by atoms with E-state index < -0.39 is 0 Å². The monoisotopic (exact) mass is 135 g/mol. The van der Waals surface area contributed by atoms with E-state index in [0.717, 1.165) is 10.5 Å². The molecule has 1 rings (SSSR count). The van der Waals surface area contributed by atoms with Crippen molar-refractivity contribution in [2.24, 2.45) is 0 Å². The van der Waals surface area contributed by atoms with Gasteiger partial charge in [-0.25, -0.2) is 0 Å². The molecule has 0 unspecified atom stereocenters. The van der Waals surface area contributed by atoms with Crippen molar-refractivity contribution in [3.05, 3.63) is 36.4 Å². The van der Waals surface area contributed by atoms with Gasteiger partial charge in [0.15, 0.2) is 0 Å². The zero-order valence-corrected chi connectivity index (χ0v) is 5.81. The standard InChI is InChI=1S/C8H7S/c1-2-7-3-5-8(9)6-4-7/h1-6,9H. The minimum atomic E-state index is 0.959. The Bertz CT molecular complexity index is 198. The molecule has 1 aromatic carbocycles. The van der Waals surface area contributed by atoms with Crippen molar-refractivity contribution in [1.29, 1.82) is 0 Å². The van der Waals surface area contributed by atoms with Crippen LogP contribution in [0.5, 0.6) is 0 Å². The van der Waals surface area contributed by atoms with Gasteiger partial charge in [-0.15, -0.1) is 12.6 Å². The third-order valence-corrected chi connectivity index (χ3v) is 1.38. The van der Waals surface area contributed by atoms with Gasteiger partial charge in [0.2, 0.25) is 0 Å². The Morgan fingerprint density at radius 1 is 1.22 bits per heavy atom. The first-order valence-electron chi connectivity index (χ1n) is 2.67. The van der Waals surface area contributed by atoms with Crippen molar-refractivity contribution in [2.45, 2.75) is 4.90 Å². The zero-order valence-electron chi connectivity index (χ0n) is 4.91. The molecule has 0 aliphatic rings. The lowest BCUT2D eigenvalue weighted by molar-refractivity contribution is 1.46. The minimum Gasteiger partial charge on any atom is -0.143 e. The van der Waals surface area contributed by atoms with E-state index in [9.17, 15) is 0 Å². The predicted octanol–water partition coefficient (Wildman–Crippen LogP) is 2.42. The molecule has 0 aromatic heterocycles. The van der Waals surface area contributed by atoms with Gasteiger partial charge < -0.3 is 0 Å². The van der Waals surface area contributed by atoms with Crippen LogP contribution in [0.15, 0.2) is 29.2 Å². The predicted molar refractivity (Wildman–Crippen MR) is 42.5 cm³/mol. The molecule has 0 aliphatic heterocycles. The van der Waals surface area contributed by atoms with Crippen LogP contribution in [0.1, 0.15) is 5.56 Å². The van der Waals surface area contributed by atoms with Crippen LogP contribution in [-0.2, 0) is 0 Å². The quantitative estimate of drug-likeness (QED) is 0.562. The first kappa shape index (κ1) is 6.43.